The molecule has 0 spiro atoms. The molecule has 2 aliphatic heterocycles. The zero-order valence-corrected chi connectivity index (χ0v) is 24.9. The lowest BCUT2D eigenvalue weighted by Crippen LogP contribution is -2.27. The Balaban J connectivity index is 1.15. The average Bonchev–Trinajstić information content (AvgIpc) is 3.35. The van der Waals surface area contributed by atoms with E-state index >= 15 is 0 Å². The van der Waals surface area contributed by atoms with Crippen LogP contribution in [-0.4, -0.2) is 58.0 Å². The molecule has 10 heteroatoms. The molecule has 3 unspecified atom stereocenters. The number of esters is 1. The van der Waals surface area contributed by atoms with Gasteiger partial charge in [-0.25, -0.2) is 14.5 Å². The van der Waals surface area contributed by atoms with Crippen LogP contribution in [0.15, 0.2) is 30.5 Å². The van der Waals surface area contributed by atoms with E-state index in [2.05, 4.69) is 40.8 Å². The van der Waals surface area contributed by atoms with E-state index in [1.165, 1.54) is 19.1 Å². The quantitative estimate of drug-likeness (QED) is 0.211. The van der Waals surface area contributed by atoms with Gasteiger partial charge >= 0.3 is 5.97 Å². The van der Waals surface area contributed by atoms with E-state index in [4.69, 9.17) is 19.6 Å². The highest BCUT2D eigenvalue weighted by molar-refractivity contribution is 6.13. The lowest BCUT2D eigenvalue weighted by Gasteiger charge is -2.24. The van der Waals surface area contributed by atoms with Crippen LogP contribution in [0.4, 0.5) is 5.82 Å². The number of nitrogens with zero attached hydrogens (tertiary/aromatic N) is 5. The summed E-state index contributed by atoms with van der Waals surface area (Å²) in [6.07, 6.45) is 5.86. The van der Waals surface area contributed by atoms with E-state index in [1.54, 1.807) is 6.07 Å². The Morgan fingerprint density at radius 1 is 1.16 bits per heavy atom. The predicted molar refractivity (Wildman–Crippen MR) is 161 cm³/mol. The summed E-state index contributed by atoms with van der Waals surface area (Å²) in [5.41, 5.74) is 7.85. The largest absolute Gasteiger partial charge is 0.465 e. The maximum absolute atomic E-state index is 14.0. The monoisotopic (exact) mass is 580 g/mol. The summed E-state index contributed by atoms with van der Waals surface area (Å²) in [5.74, 6) is 1.96. The van der Waals surface area contributed by atoms with Gasteiger partial charge in [0, 0.05) is 49.1 Å². The van der Waals surface area contributed by atoms with Gasteiger partial charge in [0.15, 0.2) is 0 Å². The molecule has 4 aliphatic rings. The summed E-state index contributed by atoms with van der Waals surface area (Å²) in [7, 11) is 1.38. The average molecular weight is 581 g/mol. The van der Waals surface area contributed by atoms with Crippen molar-refractivity contribution in [3.8, 4) is 11.3 Å². The zero-order chi connectivity index (χ0) is 29.4. The van der Waals surface area contributed by atoms with Gasteiger partial charge in [-0.15, -0.1) is 0 Å². The molecule has 10 nitrogen and oxygen atoms in total. The van der Waals surface area contributed by atoms with Gasteiger partial charge in [0.25, 0.3) is 5.91 Å². The minimum Gasteiger partial charge on any atom is -0.465 e. The first-order valence-electron chi connectivity index (χ1n) is 15.4. The molecular weight excluding hydrogens is 544 g/mol. The Labute approximate surface area is 250 Å². The number of piperidine rings is 1. The fourth-order valence-corrected chi connectivity index (χ4v) is 7.36. The normalized spacial score (nSPS) is 21.1. The highest BCUT2D eigenvalue weighted by Crippen LogP contribution is 2.47. The lowest BCUT2D eigenvalue weighted by atomic mass is 9.96. The number of ether oxygens (including phenoxy) is 2. The van der Waals surface area contributed by atoms with Gasteiger partial charge in [0.1, 0.15) is 12.5 Å². The number of amides is 1. The van der Waals surface area contributed by atoms with Crippen LogP contribution in [0.1, 0.15) is 75.5 Å². The van der Waals surface area contributed by atoms with Crippen LogP contribution in [0.2, 0.25) is 0 Å². The molecule has 4 aromatic rings. The Morgan fingerprint density at radius 2 is 2.00 bits per heavy atom. The van der Waals surface area contributed by atoms with Gasteiger partial charge < -0.3 is 24.3 Å². The Hall–Kier alpha value is -4.18. The second-order valence-electron chi connectivity index (χ2n) is 12.5. The predicted octanol–water partition coefficient (Wildman–Crippen LogP) is 4.61. The van der Waals surface area contributed by atoms with Gasteiger partial charge in [-0.3, -0.25) is 4.79 Å². The number of hydrogen-bond acceptors (Lipinski definition) is 7. The SMILES string of the molecule is CCCOCn1nc2c(c1C)CCC2NC(=O)c1cn2c3c(cc(C(=O)OC)cc13)-c1nc(N3CC4CC4C3)ccc1C2. The smallest absolute Gasteiger partial charge is 0.337 e. The van der Waals surface area contributed by atoms with E-state index < -0.39 is 5.97 Å². The Bertz CT molecular complexity index is 1790. The van der Waals surface area contributed by atoms with Crippen LogP contribution in [-0.2, 0) is 29.2 Å². The summed E-state index contributed by atoms with van der Waals surface area (Å²) in [5, 5.41) is 8.81. The third-order valence-corrected chi connectivity index (χ3v) is 9.74. The van der Waals surface area contributed by atoms with Crippen molar-refractivity contribution < 1.29 is 19.1 Å². The second-order valence-corrected chi connectivity index (χ2v) is 12.5. The van der Waals surface area contributed by atoms with Crippen molar-refractivity contribution >= 4 is 28.6 Å². The summed E-state index contributed by atoms with van der Waals surface area (Å²) in [6, 6.07) is 7.71. The van der Waals surface area contributed by atoms with Crippen LogP contribution < -0.4 is 10.2 Å². The molecule has 1 saturated heterocycles. The number of anilines is 1. The van der Waals surface area contributed by atoms with Gasteiger partial charge in [0.05, 0.1) is 41.2 Å². The fraction of sp³-hybridized carbons (Fsp3) is 0.455. The second kappa shape index (κ2) is 9.94. The molecule has 8 rings (SSSR count). The maximum Gasteiger partial charge on any atom is 0.337 e. The molecule has 1 N–H and O–H groups in total. The summed E-state index contributed by atoms with van der Waals surface area (Å²) in [6.45, 7) is 7.96. The van der Waals surface area contributed by atoms with Crippen LogP contribution >= 0.6 is 0 Å². The Kier molecular flexibility index (Phi) is 6.11. The highest BCUT2D eigenvalue weighted by Gasteiger charge is 2.45. The van der Waals surface area contributed by atoms with E-state index in [9.17, 15) is 9.59 Å². The number of fused-ring (bicyclic) bond motifs is 4. The molecular formula is C33H36N6O4. The van der Waals surface area contributed by atoms with Crippen molar-refractivity contribution in [3.63, 3.8) is 0 Å². The highest BCUT2D eigenvalue weighted by atomic mass is 16.5. The van der Waals surface area contributed by atoms with E-state index in [-0.39, 0.29) is 11.9 Å². The fourth-order valence-electron chi connectivity index (χ4n) is 7.36. The number of nitrogens with one attached hydrogen (secondary N) is 1. The van der Waals surface area contributed by atoms with Crippen LogP contribution in [0.25, 0.3) is 22.2 Å². The number of pyridine rings is 1. The molecule has 1 aromatic carbocycles. The lowest BCUT2D eigenvalue weighted by molar-refractivity contribution is 0.0600. The van der Waals surface area contributed by atoms with Crippen molar-refractivity contribution in [2.24, 2.45) is 11.8 Å². The summed E-state index contributed by atoms with van der Waals surface area (Å²) < 4.78 is 14.9. The number of carbonyl (C=O) groups is 2. The number of carbonyl (C=O) groups excluding carboxylic acids is 2. The molecule has 3 aromatic heterocycles. The van der Waals surface area contributed by atoms with Gasteiger partial charge in [-0.2, -0.15) is 5.10 Å². The van der Waals surface area contributed by atoms with Crippen LogP contribution in [0, 0.1) is 18.8 Å². The summed E-state index contributed by atoms with van der Waals surface area (Å²) >= 11 is 0. The molecule has 3 atom stereocenters. The van der Waals surface area contributed by atoms with Gasteiger partial charge in [-0.05, 0) is 73.8 Å². The number of hydrogen-bond donors (Lipinski definition) is 1. The number of benzene rings is 1. The van der Waals surface area contributed by atoms with Crippen molar-refractivity contribution in [1.29, 1.82) is 0 Å². The van der Waals surface area contributed by atoms with Crippen molar-refractivity contribution in [2.75, 3.05) is 31.7 Å². The number of aromatic nitrogens is 4. The molecule has 43 heavy (non-hydrogen) atoms. The molecule has 0 bridgehead atoms. The number of rotatable bonds is 8. The zero-order valence-electron chi connectivity index (χ0n) is 24.9. The molecule has 2 aliphatic carbocycles. The van der Waals surface area contributed by atoms with E-state index in [0.717, 1.165) is 89.1 Å². The van der Waals surface area contributed by atoms with E-state index in [0.29, 0.717) is 31.0 Å². The molecule has 1 amide bonds. The molecule has 2 fully saturated rings. The van der Waals surface area contributed by atoms with E-state index in [1.807, 2.05) is 16.9 Å². The third kappa shape index (κ3) is 4.25. The van der Waals surface area contributed by atoms with Crippen molar-refractivity contribution in [3.05, 3.63) is 64.1 Å². The topological polar surface area (TPSA) is 104 Å². The Morgan fingerprint density at radius 3 is 2.79 bits per heavy atom. The van der Waals surface area contributed by atoms with Gasteiger partial charge in [0.2, 0.25) is 0 Å². The third-order valence-electron chi connectivity index (χ3n) is 9.74. The first-order chi connectivity index (χ1) is 20.9. The minimum absolute atomic E-state index is 0.181. The summed E-state index contributed by atoms with van der Waals surface area (Å²) in [4.78, 5) is 34.3. The minimum atomic E-state index is -0.438. The maximum atomic E-state index is 14.0. The molecule has 1 saturated carbocycles. The standard InChI is InChI=1S/C33H36N6O4/c1-4-9-43-17-39-18(2)23-6-7-27(30(23)36-39)34-32(40)26-16-38-13-19-5-8-28(37-14-21-10-22(21)15-37)35-29(19)25-12-20(33(41)42-3)11-24(26)31(25)38/h5,8,11-12,16,21-22,27H,4,6-7,9-10,13-15,17H2,1-3H3,(H,34,40). The molecule has 5 heterocycles. The first kappa shape index (κ1) is 26.4. The van der Waals surface area contributed by atoms with Crippen molar-refractivity contribution in [1.82, 2.24) is 24.6 Å². The van der Waals surface area contributed by atoms with Crippen LogP contribution in [0.5, 0.6) is 0 Å². The van der Waals surface area contributed by atoms with Crippen molar-refractivity contribution in [2.45, 2.75) is 58.8 Å². The van der Waals surface area contributed by atoms with Gasteiger partial charge in [-0.1, -0.05) is 13.0 Å². The number of methoxy groups -OCH3 is 1. The first-order valence-corrected chi connectivity index (χ1v) is 15.4. The van der Waals surface area contributed by atoms with Crippen LogP contribution in [0.3, 0.4) is 0 Å². The molecule has 222 valence electrons. The molecule has 0 radical (unpaired) electrons.